The molecule has 0 atom stereocenters. The van der Waals surface area contributed by atoms with Gasteiger partial charge in [-0.3, -0.25) is 4.79 Å². The number of benzene rings is 2. The van der Waals surface area contributed by atoms with E-state index in [1.54, 1.807) is 32.4 Å². The molecule has 0 aliphatic rings. The lowest BCUT2D eigenvalue weighted by Crippen LogP contribution is -2.28. The van der Waals surface area contributed by atoms with Crippen molar-refractivity contribution >= 4 is 12.0 Å². The molecule has 6 heteroatoms. The van der Waals surface area contributed by atoms with Crippen LogP contribution in [0.3, 0.4) is 0 Å². The molecule has 2 aromatic rings. The molecule has 1 N–H and O–H groups in total. The highest BCUT2D eigenvalue weighted by molar-refractivity contribution is 5.78. The number of halogens is 1. The minimum absolute atomic E-state index is 0.0165. The molecule has 2 aromatic carbocycles. The van der Waals surface area contributed by atoms with Gasteiger partial charge in [-0.1, -0.05) is 24.3 Å². The maximum Gasteiger partial charge on any atom is 0.223 e. The monoisotopic (exact) mass is 414 g/mol. The summed E-state index contributed by atoms with van der Waals surface area (Å²) in [5.74, 6) is 1.41. The number of likely N-dealkylation sites (N-methyl/N-ethyl adjacent to an activating group) is 1. The van der Waals surface area contributed by atoms with Gasteiger partial charge < -0.3 is 19.7 Å². The van der Waals surface area contributed by atoms with Crippen LogP contribution in [0.25, 0.3) is 6.08 Å². The summed E-state index contributed by atoms with van der Waals surface area (Å²) in [7, 11) is 5.40. The summed E-state index contributed by atoms with van der Waals surface area (Å²) < 4.78 is 23.6. The lowest BCUT2D eigenvalue weighted by Gasteiger charge is -2.18. The molecule has 2 rings (SSSR count). The van der Waals surface area contributed by atoms with Gasteiger partial charge in [-0.05, 0) is 67.9 Å². The minimum atomic E-state index is -0.266. The first-order chi connectivity index (χ1) is 14.5. The van der Waals surface area contributed by atoms with Gasteiger partial charge in [0.2, 0.25) is 5.91 Å². The van der Waals surface area contributed by atoms with E-state index in [9.17, 15) is 9.18 Å². The molecule has 0 bridgehead atoms. The Hall–Kier alpha value is -2.86. The van der Waals surface area contributed by atoms with Crippen molar-refractivity contribution in [3.63, 3.8) is 0 Å². The number of carbonyl (C=O) groups is 1. The van der Waals surface area contributed by atoms with E-state index in [-0.39, 0.29) is 11.7 Å². The second-order valence-electron chi connectivity index (χ2n) is 7.09. The summed E-state index contributed by atoms with van der Waals surface area (Å²) in [6.07, 6.45) is 5.65. The van der Waals surface area contributed by atoms with Crippen molar-refractivity contribution < 1.29 is 18.7 Å². The van der Waals surface area contributed by atoms with E-state index in [1.165, 1.54) is 12.1 Å². The number of methoxy groups -OCH3 is 2. The van der Waals surface area contributed by atoms with Crippen LogP contribution in [0.1, 0.15) is 24.0 Å². The average Bonchev–Trinajstić information content (AvgIpc) is 2.76. The smallest absolute Gasteiger partial charge is 0.223 e. The standard InChI is InChI=1S/C24H31FN2O3/c1-27(17-14-20-18-22(29-2)12-13-23(20)30-3)16-5-15-26-24(28)7-4-6-19-8-10-21(25)11-9-19/h4,6,8-13,18H,5,7,14-17H2,1-3H3,(H,26,28)/b6-4+. The van der Waals surface area contributed by atoms with E-state index in [0.29, 0.717) is 13.0 Å². The number of hydrogen-bond donors (Lipinski definition) is 1. The first-order valence-corrected chi connectivity index (χ1v) is 10.1. The molecule has 0 aliphatic carbocycles. The maximum atomic E-state index is 12.9. The number of nitrogens with zero attached hydrogens (tertiary/aromatic N) is 1. The van der Waals surface area contributed by atoms with Gasteiger partial charge in [-0.25, -0.2) is 4.39 Å². The van der Waals surface area contributed by atoms with Crippen LogP contribution in [0.5, 0.6) is 11.5 Å². The fourth-order valence-corrected chi connectivity index (χ4v) is 3.03. The summed E-state index contributed by atoms with van der Waals surface area (Å²) in [5.41, 5.74) is 1.99. The van der Waals surface area contributed by atoms with Crippen molar-refractivity contribution in [3.8, 4) is 11.5 Å². The van der Waals surface area contributed by atoms with Crippen LogP contribution in [-0.4, -0.2) is 51.7 Å². The summed E-state index contributed by atoms with van der Waals surface area (Å²) in [5, 5.41) is 2.93. The van der Waals surface area contributed by atoms with E-state index in [0.717, 1.165) is 48.6 Å². The predicted molar refractivity (Wildman–Crippen MR) is 118 cm³/mol. The molecule has 0 heterocycles. The molecule has 0 spiro atoms. The Kier molecular flexibility index (Phi) is 9.87. The Labute approximate surface area is 178 Å². The van der Waals surface area contributed by atoms with Crippen LogP contribution in [-0.2, 0) is 11.2 Å². The average molecular weight is 415 g/mol. The number of amides is 1. The molecule has 0 aliphatic heterocycles. The molecule has 0 unspecified atom stereocenters. The number of carbonyl (C=O) groups excluding carboxylic acids is 1. The highest BCUT2D eigenvalue weighted by Gasteiger charge is 2.07. The van der Waals surface area contributed by atoms with E-state index in [2.05, 4.69) is 17.3 Å². The van der Waals surface area contributed by atoms with Gasteiger partial charge in [0.05, 0.1) is 14.2 Å². The summed E-state index contributed by atoms with van der Waals surface area (Å²) in [6, 6.07) is 12.0. The van der Waals surface area contributed by atoms with Crippen molar-refractivity contribution in [1.82, 2.24) is 10.2 Å². The van der Waals surface area contributed by atoms with Crippen molar-refractivity contribution in [3.05, 3.63) is 65.5 Å². The van der Waals surface area contributed by atoms with Gasteiger partial charge in [0.15, 0.2) is 0 Å². The zero-order valence-corrected chi connectivity index (χ0v) is 18.0. The van der Waals surface area contributed by atoms with E-state index < -0.39 is 0 Å². The lowest BCUT2D eigenvalue weighted by molar-refractivity contribution is -0.120. The van der Waals surface area contributed by atoms with Gasteiger partial charge in [-0.15, -0.1) is 0 Å². The third-order valence-electron chi connectivity index (χ3n) is 4.77. The molecule has 0 radical (unpaired) electrons. The lowest BCUT2D eigenvalue weighted by atomic mass is 10.1. The third-order valence-corrected chi connectivity index (χ3v) is 4.77. The van der Waals surface area contributed by atoms with Crippen molar-refractivity contribution in [2.75, 3.05) is 40.9 Å². The van der Waals surface area contributed by atoms with E-state index in [4.69, 9.17) is 9.47 Å². The third kappa shape index (κ3) is 8.25. The first kappa shape index (κ1) is 23.4. The zero-order chi connectivity index (χ0) is 21.8. The molecule has 0 saturated carbocycles. The molecule has 30 heavy (non-hydrogen) atoms. The first-order valence-electron chi connectivity index (χ1n) is 10.1. The Bertz CT molecular complexity index is 822. The normalized spacial score (nSPS) is 11.1. The largest absolute Gasteiger partial charge is 0.497 e. The Balaban J connectivity index is 1.63. The van der Waals surface area contributed by atoms with Crippen LogP contribution in [0.15, 0.2) is 48.5 Å². The van der Waals surface area contributed by atoms with E-state index in [1.807, 2.05) is 24.3 Å². The molecular formula is C24H31FN2O3. The highest BCUT2D eigenvalue weighted by atomic mass is 19.1. The second kappa shape index (κ2) is 12.6. The minimum Gasteiger partial charge on any atom is -0.497 e. The molecular weight excluding hydrogens is 383 g/mol. The van der Waals surface area contributed by atoms with Crippen LogP contribution in [0, 0.1) is 5.82 Å². The number of hydrogen-bond acceptors (Lipinski definition) is 4. The summed E-state index contributed by atoms with van der Waals surface area (Å²) >= 11 is 0. The predicted octanol–water partition coefficient (Wildman–Crippen LogP) is 3.93. The SMILES string of the molecule is COc1ccc(OC)c(CCN(C)CCCNC(=O)C/C=C/c2ccc(F)cc2)c1. The zero-order valence-electron chi connectivity index (χ0n) is 18.0. The second-order valence-corrected chi connectivity index (χ2v) is 7.09. The van der Waals surface area contributed by atoms with Crippen molar-refractivity contribution in [2.24, 2.45) is 0 Å². The highest BCUT2D eigenvalue weighted by Crippen LogP contribution is 2.24. The summed E-state index contributed by atoms with van der Waals surface area (Å²) in [4.78, 5) is 14.1. The Morgan fingerprint density at radius 1 is 1.10 bits per heavy atom. The van der Waals surface area contributed by atoms with Crippen molar-refractivity contribution in [2.45, 2.75) is 19.3 Å². The number of ether oxygens (including phenoxy) is 2. The fraction of sp³-hybridized carbons (Fsp3) is 0.375. The van der Waals surface area contributed by atoms with Crippen LogP contribution in [0.4, 0.5) is 4.39 Å². The van der Waals surface area contributed by atoms with Gasteiger partial charge >= 0.3 is 0 Å². The molecule has 0 fully saturated rings. The van der Waals surface area contributed by atoms with Gasteiger partial charge in [0, 0.05) is 19.5 Å². The van der Waals surface area contributed by atoms with Crippen LogP contribution < -0.4 is 14.8 Å². The maximum absolute atomic E-state index is 12.9. The fourth-order valence-electron chi connectivity index (χ4n) is 3.03. The number of nitrogens with one attached hydrogen (secondary N) is 1. The van der Waals surface area contributed by atoms with E-state index >= 15 is 0 Å². The number of rotatable bonds is 12. The Morgan fingerprint density at radius 3 is 2.57 bits per heavy atom. The molecule has 0 aromatic heterocycles. The summed E-state index contributed by atoms with van der Waals surface area (Å²) in [6.45, 7) is 2.41. The quantitative estimate of drug-likeness (QED) is 0.535. The molecule has 1 amide bonds. The van der Waals surface area contributed by atoms with Gasteiger partial charge in [0.1, 0.15) is 17.3 Å². The van der Waals surface area contributed by atoms with Crippen molar-refractivity contribution in [1.29, 1.82) is 0 Å². The van der Waals surface area contributed by atoms with Gasteiger partial charge in [0.25, 0.3) is 0 Å². The van der Waals surface area contributed by atoms with Crippen LogP contribution in [0.2, 0.25) is 0 Å². The Morgan fingerprint density at radius 2 is 1.87 bits per heavy atom. The van der Waals surface area contributed by atoms with Crippen LogP contribution >= 0.6 is 0 Å². The molecule has 0 saturated heterocycles. The topological polar surface area (TPSA) is 50.8 Å². The molecule has 5 nitrogen and oxygen atoms in total. The van der Waals surface area contributed by atoms with Gasteiger partial charge in [-0.2, -0.15) is 0 Å². The molecule has 162 valence electrons.